The third-order valence-electron chi connectivity index (χ3n) is 4.74. The van der Waals surface area contributed by atoms with E-state index in [0.29, 0.717) is 17.6 Å². The van der Waals surface area contributed by atoms with Crippen LogP contribution in [0.25, 0.3) is 0 Å². The van der Waals surface area contributed by atoms with Gasteiger partial charge in [0.2, 0.25) is 0 Å². The van der Waals surface area contributed by atoms with E-state index in [2.05, 4.69) is 20.8 Å². The molecule has 4 unspecified atom stereocenters. The molecule has 2 aliphatic rings. The predicted molar refractivity (Wildman–Crippen MR) is 84.3 cm³/mol. The molecule has 120 valence electrons. The smallest absolute Gasteiger partial charge is 0.327 e. The number of carboxylic acid groups (broad SMARTS) is 1. The molecule has 21 heavy (non-hydrogen) atoms. The normalized spacial score (nSPS) is 33.3. The fourth-order valence-corrected chi connectivity index (χ4v) is 4.59. The first-order valence-electron chi connectivity index (χ1n) is 7.87. The van der Waals surface area contributed by atoms with Crippen LogP contribution in [-0.4, -0.2) is 57.2 Å². The van der Waals surface area contributed by atoms with Gasteiger partial charge >= 0.3 is 12.0 Å². The summed E-state index contributed by atoms with van der Waals surface area (Å²) >= 11 is 1.60. The Morgan fingerprint density at radius 2 is 2.00 bits per heavy atom. The van der Waals surface area contributed by atoms with Crippen LogP contribution in [0.2, 0.25) is 0 Å². The van der Waals surface area contributed by atoms with Crippen LogP contribution in [-0.2, 0) is 4.79 Å². The number of amides is 2. The third kappa shape index (κ3) is 3.47. The Morgan fingerprint density at radius 1 is 1.29 bits per heavy atom. The number of carbonyl (C=O) groups is 2. The van der Waals surface area contributed by atoms with Crippen molar-refractivity contribution in [2.24, 2.45) is 11.8 Å². The maximum atomic E-state index is 12.8. The van der Waals surface area contributed by atoms with Crippen LogP contribution in [0, 0.1) is 11.8 Å². The largest absolute Gasteiger partial charge is 0.480 e. The Hall–Kier alpha value is -0.910. The van der Waals surface area contributed by atoms with Crippen molar-refractivity contribution in [1.82, 2.24) is 9.80 Å². The van der Waals surface area contributed by atoms with Gasteiger partial charge in [0.05, 0.1) is 5.37 Å². The zero-order valence-corrected chi connectivity index (χ0v) is 13.9. The molecule has 0 spiro atoms. The number of hydrogen-bond acceptors (Lipinski definition) is 3. The van der Waals surface area contributed by atoms with Crippen molar-refractivity contribution < 1.29 is 14.7 Å². The number of piperidine rings is 1. The van der Waals surface area contributed by atoms with Gasteiger partial charge in [-0.05, 0) is 24.7 Å². The third-order valence-corrected chi connectivity index (χ3v) is 6.09. The molecule has 0 bridgehead atoms. The molecular weight excluding hydrogens is 288 g/mol. The fourth-order valence-electron chi connectivity index (χ4n) is 3.08. The van der Waals surface area contributed by atoms with Crippen molar-refractivity contribution >= 4 is 23.8 Å². The van der Waals surface area contributed by atoms with Crippen molar-refractivity contribution in [2.45, 2.75) is 51.4 Å². The van der Waals surface area contributed by atoms with Crippen LogP contribution in [0.3, 0.4) is 0 Å². The van der Waals surface area contributed by atoms with Crippen LogP contribution in [0.1, 0.15) is 40.0 Å². The number of carbonyl (C=O) groups excluding carboxylic acids is 1. The van der Waals surface area contributed by atoms with Crippen LogP contribution in [0.15, 0.2) is 0 Å². The highest BCUT2D eigenvalue weighted by atomic mass is 32.2. The molecule has 2 heterocycles. The number of rotatable bonds is 3. The molecule has 2 rings (SSSR count). The lowest BCUT2D eigenvalue weighted by molar-refractivity contribution is -0.141. The second-order valence-corrected chi connectivity index (χ2v) is 7.52. The molecule has 2 saturated heterocycles. The van der Waals surface area contributed by atoms with Crippen molar-refractivity contribution in [3.8, 4) is 0 Å². The molecule has 4 atom stereocenters. The van der Waals surface area contributed by atoms with Gasteiger partial charge in [0.15, 0.2) is 0 Å². The Kier molecular flexibility index (Phi) is 5.41. The number of likely N-dealkylation sites (tertiary alicyclic amines) is 1. The summed E-state index contributed by atoms with van der Waals surface area (Å²) in [5.41, 5.74) is 0. The molecule has 0 aromatic heterocycles. The highest BCUT2D eigenvalue weighted by molar-refractivity contribution is 8.00. The minimum Gasteiger partial charge on any atom is -0.480 e. The number of thioether (sulfide) groups is 1. The average molecular weight is 314 g/mol. The Bertz CT molecular complexity index is 404. The van der Waals surface area contributed by atoms with Crippen molar-refractivity contribution in [2.75, 3.05) is 18.8 Å². The molecule has 0 aromatic carbocycles. The summed E-state index contributed by atoms with van der Waals surface area (Å²) in [6.07, 6.45) is 2.82. The molecule has 1 N–H and O–H groups in total. The minimum atomic E-state index is -0.882. The number of hydrogen-bond donors (Lipinski definition) is 1. The average Bonchev–Trinajstić information content (AvgIpc) is 2.85. The summed E-state index contributed by atoms with van der Waals surface area (Å²) in [7, 11) is 0. The lowest BCUT2D eigenvalue weighted by Gasteiger charge is -2.39. The van der Waals surface area contributed by atoms with Gasteiger partial charge in [-0.1, -0.05) is 27.2 Å². The van der Waals surface area contributed by atoms with Crippen molar-refractivity contribution in [3.05, 3.63) is 0 Å². The number of aliphatic carboxylic acids is 1. The Morgan fingerprint density at radius 3 is 2.57 bits per heavy atom. The zero-order valence-electron chi connectivity index (χ0n) is 13.1. The van der Waals surface area contributed by atoms with E-state index in [9.17, 15) is 14.7 Å². The van der Waals surface area contributed by atoms with E-state index in [1.54, 1.807) is 16.7 Å². The standard InChI is InChI=1S/C15H26N2O3S/c1-4-5-13-17(12(9-21-13)14(18)19)15(20)16-7-6-10(2)11(3)8-16/h10-13H,4-9H2,1-3H3,(H,18,19). The van der Waals surface area contributed by atoms with E-state index >= 15 is 0 Å². The van der Waals surface area contributed by atoms with Gasteiger partial charge in [-0.2, -0.15) is 0 Å². The maximum absolute atomic E-state index is 12.8. The summed E-state index contributed by atoms with van der Waals surface area (Å²) in [6.45, 7) is 7.95. The predicted octanol–water partition coefficient (Wildman–Crippen LogP) is 2.71. The van der Waals surface area contributed by atoms with E-state index in [1.807, 2.05) is 4.90 Å². The van der Waals surface area contributed by atoms with Crippen LogP contribution >= 0.6 is 11.8 Å². The molecule has 2 fully saturated rings. The van der Waals surface area contributed by atoms with Gasteiger partial charge in [0.1, 0.15) is 6.04 Å². The van der Waals surface area contributed by atoms with Gasteiger partial charge in [-0.3, -0.25) is 4.90 Å². The van der Waals surface area contributed by atoms with Gasteiger partial charge in [0.25, 0.3) is 0 Å². The molecule has 5 nitrogen and oxygen atoms in total. The molecule has 0 aromatic rings. The van der Waals surface area contributed by atoms with Gasteiger partial charge in [0, 0.05) is 18.8 Å². The van der Waals surface area contributed by atoms with Crippen LogP contribution < -0.4 is 0 Å². The van der Waals surface area contributed by atoms with Crippen molar-refractivity contribution in [3.63, 3.8) is 0 Å². The van der Waals surface area contributed by atoms with E-state index in [1.165, 1.54) is 0 Å². The van der Waals surface area contributed by atoms with Gasteiger partial charge in [-0.25, -0.2) is 9.59 Å². The quantitative estimate of drug-likeness (QED) is 0.870. The zero-order chi connectivity index (χ0) is 15.6. The highest BCUT2D eigenvalue weighted by Gasteiger charge is 2.43. The molecule has 0 aliphatic carbocycles. The van der Waals surface area contributed by atoms with E-state index in [0.717, 1.165) is 32.4 Å². The number of urea groups is 1. The summed E-state index contributed by atoms with van der Waals surface area (Å²) < 4.78 is 0. The lowest BCUT2D eigenvalue weighted by atomic mass is 9.89. The first kappa shape index (κ1) is 16.5. The lowest BCUT2D eigenvalue weighted by Crippen LogP contribution is -2.54. The molecule has 6 heteroatoms. The second-order valence-electron chi connectivity index (χ2n) is 6.31. The first-order valence-corrected chi connectivity index (χ1v) is 8.92. The monoisotopic (exact) mass is 314 g/mol. The SMILES string of the molecule is CCCC1SCC(C(=O)O)N1C(=O)N1CCC(C)C(C)C1. The Labute approximate surface area is 131 Å². The molecule has 0 radical (unpaired) electrons. The van der Waals surface area contributed by atoms with Crippen LogP contribution in [0.5, 0.6) is 0 Å². The van der Waals surface area contributed by atoms with E-state index < -0.39 is 12.0 Å². The number of nitrogens with zero attached hydrogens (tertiary/aromatic N) is 2. The van der Waals surface area contributed by atoms with E-state index in [4.69, 9.17) is 0 Å². The summed E-state index contributed by atoms with van der Waals surface area (Å²) in [5.74, 6) is 0.730. The minimum absolute atomic E-state index is 0.0123. The second kappa shape index (κ2) is 6.90. The Balaban J connectivity index is 2.11. The first-order chi connectivity index (χ1) is 9.95. The van der Waals surface area contributed by atoms with E-state index in [-0.39, 0.29) is 11.4 Å². The van der Waals surface area contributed by atoms with Gasteiger partial charge < -0.3 is 10.0 Å². The fraction of sp³-hybridized carbons (Fsp3) is 0.867. The summed E-state index contributed by atoms with van der Waals surface area (Å²) in [4.78, 5) is 27.7. The molecule has 2 amide bonds. The summed E-state index contributed by atoms with van der Waals surface area (Å²) in [6, 6.07) is -0.752. The van der Waals surface area contributed by atoms with Gasteiger partial charge in [-0.15, -0.1) is 11.8 Å². The molecule has 0 saturated carbocycles. The number of carboxylic acids is 1. The highest BCUT2D eigenvalue weighted by Crippen LogP contribution is 2.34. The maximum Gasteiger partial charge on any atom is 0.327 e. The molecule has 2 aliphatic heterocycles. The summed E-state index contributed by atoms with van der Waals surface area (Å²) in [5, 5.41) is 9.40. The van der Waals surface area contributed by atoms with Crippen LogP contribution in [0.4, 0.5) is 4.79 Å². The molecular formula is C15H26N2O3S. The topological polar surface area (TPSA) is 60.9 Å². The van der Waals surface area contributed by atoms with Crippen molar-refractivity contribution in [1.29, 1.82) is 0 Å².